The molecule has 84 valence electrons. The molecule has 0 aromatic rings. The van der Waals surface area contributed by atoms with Gasteiger partial charge in [-0.3, -0.25) is 4.90 Å². The zero-order valence-electron chi connectivity index (χ0n) is 9.65. The van der Waals surface area contributed by atoms with E-state index in [-0.39, 0.29) is 12.2 Å². The van der Waals surface area contributed by atoms with Gasteiger partial charge in [0.15, 0.2) is 0 Å². The van der Waals surface area contributed by atoms with Crippen LogP contribution in [0.4, 0.5) is 4.39 Å². The van der Waals surface area contributed by atoms with Crippen molar-refractivity contribution in [3.8, 4) is 0 Å². The van der Waals surface area contributed by atoms with Crippen molar-refractivity contribution in [1.29, 1.82) is 0 Å². The van der Waals surface area contributed by atoms with Gasteiger partial charge in [0, 0.05) is 31.2 Å². The van der Waals surface area contributed by atoms with Crippen LogP contribution in [0.5, 0.6) is 0 Å². The maximum Gasteiger partial charge on any atom is 0.102 e. The minimum atomic E-state index is -0.234. The fraction of sp³-hybridized carbons (Fsp3) is 1.00. The molecule has 1 atom stereocenters. The van der Waals surface area contributed by atoms with Crippen LogP contribution in [0.2, 0.25) is 0 Å². The molecule has 0 saturated carbocycles. The number of nitrogens with zero attached hydrogens (tertiary/aromatic N) is 1. The van der Waals surface area contributed by atoms with Crippen LogP contribution in [0, 0.1) is 0 Å². The van der Waals surface area contributed by atoms with Gasteiger partial charge in [-0.05, 0) is 20.3 Å². The average molecular weight is 202 g/mol. The molecule has 0 amide bonds. The van der Waals surface area contributed by atoms with E-state index in [0.717, 1.165) is 13.1 Å². The molecule has 1 N–H and O–H groups in total. The Labute approximate surface area is 86.9 Å². The van der Waals surface area contributed by atoms with Crippen molar-refractivity contribution in [1.82, 2.24) is 10.2 Å². The summed E-state index contributed by atoms with van der Waals surface area (Å²) in [5.41, 5.74) is 0.107. The standard InChI is InChI=1S/C11H23FN2/c1-4-5-10-8-14(7-6-12)11(2,3)9-13-10/h10,13H,4-9H2,1-3H3. The summed E-state index contributed by atoms with van der Waals surface area (Å²) in [5.74, 6) is 0. The third kappa shape index (κ3) is 2.92. The fourth-order valence-electron chi connectivity index (χ4n) is 2.12. The molecule has 1 aliphatic heterocycles. The average Bonchev–Trinajstić information content (AvgIpc) is 2.12. The van der Waals surface area contributed by atoms with Crippen LogP contribution in [-0.4, -0.2) is 42.8 Å². The Morgan fingerprint density at radius 1 is 1.50 bits per heavy atom. The molecule has 3 heteroatoms. The SMILES string of the molecule is CCCC1CN(CCF)C(C)(C)CN1. The van der Waals surface area contributed by atoms with Gasteiger partial charge in [0.05, 0.1) is 0 Å². The van der Waals surface area contributed by atoms with E-state index in [1.807, 2.05) is 0 Å². The van der Waals surface area contributed by atoms with Crippen LogP contribution in [-0.2, 0) is 0 Å². The van der Waals surface area contributed by atoms with Crippen LogP contribution in [0.3, 0.4) is 0 Å². The zero-order chi connectivity index (χ0) is 10.6. The van der Waals surface area contributed by atoms with Gasteiger partial charge >= 0.3 is 0 Å². The van der Waals surface area contributed by atoms with E-state index in [4.69, 9.17) is 0 Å². The van der Waals surface area contributed by atoms with E-state index < -0.39 is 0 Å². The Balaban J connectivity index is 2.49. The number of piperazine rings is 1. The van der Waals surface area contributed by atoms with Gasteiger partial charge in [0.2, 0.25) is 0 Å². The summed E-state index contributed by atoms with van der Waals surface area (Å²) in [7, 11) is 0. The highest BCUT2D eigenvalue weighted by atomic mass is 19.1. The molecule has 0 aromatic heterocycles. The molecule has 0 radical (unpaired) electrons. The van der Waals surface area contributed by atoms with Crippen molar-refractivity contribution in [3.63, 3.8) is 0 Å². The quantitative estimate of drug-likeness (QED) is 0.748. The second-order valence-corrected chi connectivity index (χ2v) is 4.81. The van der Waals surface area contributed by atoms with E-state index in [9.17, 15) is 4.39 Å². The van der Waals surface area contributed by atoms with Gasteiger partial charge in [0.25, 0.3) is 0 Å². The van der Waals surface area contributed by atoms with Gasteiger partial charge in [-0.1, -0.05) is 13.3 Å². The lowest BCUT2D eigenvalue weighted by Crippen LogP contribution is -2.62. The predicted octanol–water partition coefficient (Wildman–Crippen LogP) is 1.81. The highest BCUT2D eigenvalue weighted by molar-refractivity contribution is 4.92. The number of alkyl halides is 1. The monoisotopic (exact) mass is 202 g/mol. The lowest BCUT2D eigenvalue weighted by Gasteiger charge is -2.46. The third-order valence-corrected chi connectivity index (χ3v) is 3.11. The summed E-state index contributed by atoms with van der Waals surface area (Å²) in [6.45, 7) is 8.86. The Bertz CT molecular complexity index is 171. The molecule has 1 unspecified atom stereocenters. The smallest absolute Gasteiger partial charge is 0.102 e. The minimum Gasteiger partial charge on any atom is -0.311 e. The maximum absolute atomic E-state index is 12.4. The fourth-order valence-corrected chi connectivity index (χ4v) is 2.12. The number of halogens is 1. The summed E-state index contributed by atoms with van der Waals surface area (Å²) in [6, 6.07) is 0.555. The van der Waals surface area contributed by atoms with Crippen molar-refractivity contribution in [2.45, 2.75) is 45.2 Å². The lowest BCUT2D eigenvalue weighted by molar-refractivity contribution is 0.0581. The summed E-state index contributed by atoms with van der Waals surface area (Å²) < 4.78 is 12.4. The predicted molar refractivity (Wildman–Crippen MR) is 58.3 cm³/mol. The Morgan fingerprint density at radius 3 is 2.79 bits per heavy atom. The molecular weight excluding hydrogens is 179 g/mol. The number of nitrogens with one attached hydrogen (secondary N) is 1. The minimum absolute atomic E-state index is 0.107. The van der Waals surface area contributed by atoms with Gasteiger partial charge in [0.1, 0.15) is 6.67 Å². The van der Waals surface area contributed by atoms with Gasteiger partial charge in [-0.2, -0.15) is 0 Å². The molecule has 1 heterocycles. The number of hydrogen-bond donors (Lipinski definition) is 1. The molecule has 0 spiro atoms. The van der Waals surface area contributed by atoms with Crippen molar-refractivity contribution in [3.05, 3.63) is 0 Å². The maximum atomic E-state index is 12.4. The lowest BCUT2D eigenvalue weighted by atomic mass is 9.96. The molecule has 1 saturated heterocycles. The van der Waals surface area contributed by atoms with E-state index in [0.29, 0.717) is 12.6 Å². The summed E-state index contributed by atoms with van der Waals surface area (Å²) >= 11 is 0. The van der Waals surface area contributed by atoms with Crippen LogP contribution in [0.15, 0.2) is 0 Å². The first-order valence-electron chi connectivity index (χ1n) is 5.64. The van der Waals surface area contributed by atoms with Crippen LogP contribution < -0.4 is 5.32 Å². The number of rotatable bonds is 4. The molecule has 0 bridgehead atoms. The second-order valence-electron chi connectivity index (χ2n) is 4.81. The van der Waals surface area contributed by atoms with Crippen molar-refractivity contribution < 1.29 is 4.39 Å². The Kier molecular flexibility index (Phi) is 4.32. The molecule has 2 nitrogen and oxygen atoms in total. The highest BCUT2D eigenvalue weighted by Crippen LogP contribution is 2.19. The Hall–Kier alpha value is -0.150. The van der Waals surface area contributed by atoms with E-state index in [1.54, 1.807) is 0 Å². The first-order valence-corrected chi connectivity index (χ1v) is 5.64. The van der Waals surface area contributed by atoms with E-state index in [1.165, 1.54) is 12.8 Å². The topological polar surface area (TPSA) is 15.3 Å². The van der Waals surface area contributed by atoms with Gasteiger partial charge in [-0.15, -0.1) is 0 Å². The largest absolute Gasteiger partial charge is 0.311 e. The van der Waals surface area contributed by atoms with Crippen LogP contribution in [0.1, 0.15) is 33.6 Å². The third-order valence-electron chi connectivity index (χ3n) is 3.11. The molecule has 1 fully saturated rings. The summed E-state index contributed by atoms with van der Waals surface area (Å²) in [5, 5.41) is 3.53. The molecular formula is C11H23FN2. The molecule has 0 aromatic carbocycles. The Morgan fingerprint density at radius 2 is 2.21 bits per heavy atom. The molecule has 0 aliphatic carbocycles. The highest BCUT2D eigenvalue weighted by Gasteiger charge is 2.32. The number of hydrogen-bond acceptors (Lipinski definition) is 2. The summed E-state index contributed by atoms with van der Waals surface area (Å²) in [6.07, 6.45) is 2.39. The van der Waals surface area contributed by atoms with Crippen LogP contribution in [0.25, 0.3) is 0 Å². The second kappa shape index (κ2) is 5.08. The summed E-state index contributed by atoms with van der Waals surface area (Å²) in [4.78, 5) is 2.27. The van der Waals surface area contributed by atoms with Crippen LogP contribution >= 0.6 is 0 Å². The van der Waals surface area contributed by atoms with Crippen molar-refractivity contribution in [2.75, 3.05) is 26.3 Å². The first kappa shape index (κ1) is 11.9. The molecule has 1 rings (SSSR count). The van der Waals surface area contributed by atoms with Gasteiger partial charge in [-0.25, -0.2) is 4.39 Å². The van der Waals surface area contributed by atoms with Crippen molar-refractivity contribution in [2.24, 2.45) is 0 Å². The van der Waals surface area contributed by atoms with E-state index >= 15 is 0 Å². The molecule has 14 heavy (non-hydrogen) atoms. The zero-order valence-corrected chi connectivity index (χ0v) is 9.65. The van der Waals surface area contributed by atoms with E-state index in [2.05, 4.69) is 31.0 Å². The first-order chi connectivity index (χ1) is 6.60. The van der Waals surface area contributed by atoms with Gasteiger partial charge < -0.3 is 5.32 Å². The normalized spacial score (nSPS) is 27.9. The molecule has 1 aliphatic rings. The van der Waals surface area contributed by atoms with Crippen molar-refractivity contribution >= 4 is 0 Å².